The van der Waals surface area contributed by atoms with Gasteiger partial charge in [0, 0.05) is 22.2 Å². The summed E-state index contributed by atoms with van der Waals surface area (Å²) in [6.07, 6.45) is 1.39. The number of ether oxygens (including phenoxy) is 4. The Balaban J connectivity index is 1.31. The topological polar surface area (TPSA) is 107 Å². The van der Waals surface area contributed by atoms with Crippen molar-refractivity contribution in [2.75, 3.05) is 13.4 Å². The molecule has 0 aliphatic carbocycles. The molecule has 0 radical (unpaired) electrons. The van der Waals surface area contributed by atoms with Crippen LogP contribution in [0.5, 0.6) is 23.0 Å². The number of fused-ring (bicyclic) bond motifs is 1. The summed E-state index contributed by atoms with van der Waals surface area (Å²) < 4.78 is 22.1. The van der Waals surface area contributed by atoms with Crippen LogP contribution in [-0.4, -0.2) is 31.4 Å². The molecule has 3 aromatic carbocycles. The molecule has 0 aromatic heterocycles. The van der Waals surface area contributed by atoms with Crippen molar-refractivity contribution >= 4 is 41.2 Å². The molecule has 3 aromatic rings. The van der Waals surface area contributed by atoms with Gasteiger partial charge < -0.3 is 24.3 Å². The molecule has 192 valence electrons. The second kappa shape index (κ2) is 12.3. The molecule has 1 aliphatic rings. The summed E-state index contributed by atoms with van der Waals surface area (Å²) in [4.78, 5) is 24.2. The number of hydrogen-bond acceptors (Lipinski definition) is 7. The fourth-order valence-corrected chi connectivity index (χ4v) is 3.85. The quantitative estimate of drug-likeness (QED) is 0.234. The van der Waals surface area contributed by atoms with Crippen molar-refractivity contribution < 1.29 is 28.5 Å². The van der Waals surface area contributed by atoms with Gasteiger partial charge in [0.05, 0.1) is 12.8 Å². The summed E-state index contributed by atoms with van der Waals surface area (Å²) in [5.41, 5.74) is 4.25. The first-order valence-electron chi connectivity index (χ1n) is 11.3. The van der Waals surface area contributed by atoms with E-state index in [1.807, 2.05) is 6.92 Å². The van der Waals surface area contributed by atoms with Gasteiger partial charge >= 0.3 is 11.8 Å². The average molecular weight is 544 g/mol. The number of nitrogens with one attached hydrogen (secondary N) is 2. The summed E-state index contributed by atoms with van der Waals surface area (Å²) >= 11 is 12.4. The molecule has 0 saturated heterocycles. The Morgan fingerprint density at radius 2 is 1.76 bits per heavy atom. The maximum Gasteiger partial charge on any atom is 0.329 e. The minimum absolute atomic E-state index is 0.144. The van der Waals surface area contributed by atoms with Crippen molar-refractivity contribution in [2.24, 2.45) is 5.10 Å². The first kappa shape index (κ1) is 26.1. The van der Waals surface area contributed by atoms with Crippen LogP contribution in [0.15, 0.2) is 59.7 Å². The van der Waals surface area contributed by atoms with Crippen LogP contribution in [-0.2, 0) is 22.7 Å². The number of carbonyl (C=O) groups is 2. The summed E-state index contributed by atoms with van der Waals surface area (Å²) in [6.45, 7) is 2.71. The zero-order valence-electron chi connectivity index (χ0n) is 19.8. The van der Waals surface area contributed by atoms with Gasteiger partial charge in [-0.05, 0) is 60.5 Å². The van der Waals surface area contributed by atoms with Gasteiger partial charge in [0.15, 0.2) is 23.0 Å². The van der Waals surface area contributed by atoms with E-state index >= 15 is 0 Å². The third kappa shape index (κ3) is 6.84. The van der Waals surface area contributed by atoms with Gasteiger partial charge in [0.25, 0.3) is 0 Å². The lowest BCUT2D eigenvalue weighted by Crippen LogP contribution is -2.37. The van der Waals surface area contributed by atoms with E-state index in [2.05, 4.69) is 15.8 Å². The zero-order chi connectivity index (χ0) is 26.2. The summed E-state index contributed by atoms with van der Waals surface area (Å²) in [5.74, 6) is 0.463. The van der Waals surface area contributed by atoms with Crippen molar-refractivity contribution in [2.45, 2.75) is 20.1 Å². The fourth-order valence-electron chi connectivity index (χ4n) is 3.34. The maximum absolute atomic E-state index is 12.1. The molecule has 1 heterocycles. The standard InChI is InChI=1S/C26H23Cl2N3O6/c1-2-34-23-11-17(7-8-21(23)35-14-18-19(27)4-3-5-20(18)28)13-30-31-26(33)25(32)29-12-16-6-9-22-24(10-16)37-15-36-22/h3-11,13H,2,12,14-15H2,1H3,(H,29,32)(H,31,33)/b30-13-. The van der Waals surface area contributed by atoms with Crippen molar-refractivity contribution in [3.8, 4) is 23.0 Å². The Labute approximate surface area is 223 Å². The van der Waals surface area contributed by atoms with Gasteiger partial charge in [0.1, 0.15) is 6.61 Å². The van der Waals surface area contributed by atoms with Gasteiger partial charge in [-0.15, -0.1) is 0 Å². The average Bonchev–Trinajstić information content (AvgIpc) is 3.36. The molecule has 0 saturated carbocycles. The van der Waals surface area contributed by atoms with Crippen LogP contribution in [0, 0.1) is 0 Å². The van der Waals surface area contributed by atoms with Crippen LogP contribution in [0.25, 0.3) is 0 Å². The van der Waals surface area contributed by atoms with E-state index in [1.165, 1.54) is 6.21 Å². The van der Waals surface area contributed by atoms with E-state index < -0.39 is 11.8 Å². The molecule has 9 nitrogen and oxygen atoms in total. The molecular weight excluding hydrogens is 521 g/mol. The number of halogens is 2. The highest BCUT2D eigenvalue weighted by molar-refractivity contribution is 6.36. The number of rotatable bonds is 9. The van der Waals surface area contributed by atoms with Crippen molar-refractivity contribution in [1.29, 1.82) is 0 Å². The third-order valence-electron chi connectivity index (χ3n) is 5.18. The Bertz CT molecular complexity index is 1310. The first-order chi connectivity index (χ1) is 17.9. The summed E-state index contributed by atoms with van der Waals surface area (Å²) in [6, 6.07) is 15.6. The Morgan fingerprint density at radius 3 is 2.54 bits per heavy atom. The lowest BCUT2D eigenvalue weighted by molar-refractivity contribution is -0.139. The van der Waals surface area contributed by atoms with E-state index in [-0.39, 0.29) is 19.9 Å². The second-order valence-corrected chi connectivity index (χ2v) is 8.51. The predicted octanol–water partition coefficient (Wildman–Crippen LogP) is 4.47. The molecule has 11 heteroatoms. The Hall–Kier alpha value is -3.95. The Morgan fingerprint density at radius 1 is 0.973 bits per heavy atom. The van der Waals surface area contributed by atoms with Crippen molar-refractivity contribution in [3.05, 3.63) is 81.3 Å². The largest absolute Gasteiger partial charge is 0.490 e. The Kier molecular flexibility index (Phi) is 8.71. The number of hydrogen-bond donors (Lipinski definition) is 2. The molecule has 0 atom stereocenters. The van der Waals surface area contributed by atoms with Crippen LogP contribution in [0.3, 0.4) is 0 Å². The summed E-state index contributed by atoms with van der Waals surface area (Å²) in [7, 11) is 0. The smallest absolute Gasteiger partial charge is 0.329 e. The van der Waals surface area contributed by atoms with Crippen molar-refractivity contribution in [3.63, 3.8) is 0 Å². The van der Waals surface area contributed by atoms with Gasteiger partial charge in [-0.2, -0.15) is 5.10 Å². The molecule has 37 heavy (non-hydrogen) atoms. The van der Waals surface area contributed by atoms with E-state index in [4.69, 9.17) is 42.1 Å². The number of hydrazone groups is 1. The van der Waals surface area contributed by atoms with E-state index in [0.717, 1.165) is 5.56 Å². The fraction of sp³-hybridized carbons (Fsp3) is 0.192. The van der Waals surface area contributed by atoms with Crippen LogP contribution in [0.4, 0.5) is 0 Å². The molecule has 1 aliphatic heterocycles. The first-order valence-corrected chi connectivity index (χ1v) is 12.0. The monoisotopic (exact) mass is 543 g/mol. The number of benzene rings is 3. The molecule has 2 N–H and O–H groups in total. The number of nitrogens with zero attached hydrogens (tertiary/aromatic N) is 1. The highest BCUT2D eigenvalue weighted by Gasteiger charge is 2.16. The molecule has 4 rings (SSSR count). The second-order valence-electron chi connectivity index (χ2n) is 7.70. The molecule has 2 amide bonds. The van der Waals surface area contributed by atoms with Gasteiger partial charge in [0.2, 0.25) is 6.79 Å². The maximum atomic E-state index is 12.1. The van der Waals surface area contributed by atoms with Gasteiger partial charge in [-0.25, -0.2) is 5.43 Å². The molecule has 0 fully saturated rings. The zero-order valence-corrected chi connectivity index (χ0v) is 21.3. The summed E-state index contributed by atoms with van der Waals surface area (Å²) in [5, 5.41) is 7.40. The molecular formula is C26H23Cl2N3O6. The van der Waals surface area contributed by atoms with Crippen LogP contribution >= 0.6 is 23.2 Å². The van der Waals surface area contributed by atoms with Crippen LogP contribution in [0.1, 0.15) is 23.6 Å². The van der Waals surface area contributed by atoms with Crippen LogP contribution in [0.2, 0.25) is 10.0 Å². The highest BCUT2D eigenvalue weighted by Crippen LogP contribution is 2.33. The van der Waals surface area contributed by atoms with E-state index in [1.54, 1.807) is 54.6 Å². The van der Waals surface area contributed by atoms with Crippen LogP contribution < -0.4 is 29.7 Å². The number of carbonyl (C=O) groups excluding carboxylic acids is 2. The molecule has 0 bridgehead atoms. The van der Waals surface area contributed by atoms with E-state index in [0.29, 0.717) is 50.8 Å². The molecule has 0 unspecified atom stereocenters. The van der Waals surface area contributed by atoms with E-state index in [9.17, 15) is 9.59 Å². The minimum Gasteiger partial charge on any atom is -0.490 e. The number of amides is 2. The normalized spacial score (nSPS) is 11.9. The minimum atomic E-state index is -0.904. The lowest BCUT2D eigenvalue weighted by atomic mass is 10.2. The third-order valence-corrected chi connectivity index (χ3v) is 5.89. The lowest BCUT2D eigenvalue weighted by Gasteiger charge is -2.14. The highest BCUT2D eigenvalue weighted by atomic mass is 35.5. The van der Waals surface area contributed by atoms with Gasteiger partial charge in [-0.1, -0.05) is 35.3 Å². The SMILES string of the molecule is CCOc1cc(/C=N\NC(=O)C(=O)NCc2ccc3c(c2)OCO3)ccc1OCc1c(Cl)cccc1Cl. The molecule has 0 spiro atoms. The predicted molar refractivity (Wildman–Crippen MR) is 139 cm³/mol. The van der Waals surface area contributed by atoms with Crippen molar-refractivity contribution in [1.82, 2.24) is 10.7 Å². The van der Waals surface area contributed by atoms with Gasteiger partial charge in [-0.3, -0.25) is 9.59 Å².